The van der Waals surface area contributed by atoms with E-state index in [-0.39, 0.29) is 24.4 Å². The smallest absolute Gasteiger partial charge is 0.285 e. The van der Waals surface area contributed by atoms with E-state index in [0.717, 1.165) is 6.07 Å². The van der Waals surface area contributed by atoms with Crippen molar-refractivity contribution in [3.8, 4) is 0 Å². The number of hydrogen-bond acceptors (Lipinski definition) is 2. The molecule has 1 aliphatic heterocycles. The molecule has 2 aromatic carbocycles. The van der Waals surface area contributed by atoms with Crippen molar-refractivity contribution in [2.24, 2.45) is 0 Å². The number of benzene rings is 2. The van der Waals surface area contributed by atoms with Gasteiger partial charge in [-0.05, 0) is 38.1 Å². The molecule has 7 heteroatoms. The van der Waals surface area contributed by atoms with Gasteiger partial charge in [0.1, 0.15) is 24.2 Å². The van der Waals surface area contributed by atoms with E-state index in [1.54, 1.807) is 43.4 Å². The van der Waals surface area contributed by atoms with Gasteiger partial charge >= 0.3 is 0 Å². The lowest BCUT2D eigenvalue weighted by Crippen LogP contribution is -2.92. The minimum absolute atomic E-state index is 0.0622. The lowest BCUT2D eigenvalue weighted by atomic mass is 10.1. The Morgan fingerprint density at radius 2 is 1.92 bits per heavy atom. The van der Waals surface area contributed by atoms with Crippen LogP contribution >= 0.6 is 0 Å². The van der Waals surface area contributed by atoms with Crippen LogP contribution in [0, 0.1) is 11.6 Å². The van der Waals surface area contributed by atoms with E-state index in [1.807, 2.05) is 0 Å². The van der Waals surface area contributed by atoms with E-state index in [2.05, 4.69) is 5.32 Å². The summed E-state index contributed by atoms with van der Waals surface area (Å²) in [4.78, 5) is 26.2. The number of halogens is 2. The maximum atomic E-state index is 13.9. The Bertz CT molecular complexity index is 856. The zero-order valence-corrected chi connectivity index (χ0v) is 14.5. The molecule has 26 heavy (non-hydrogen) atoms. The second-order valence-electron chi connectivity index (χ2n) is 6.43. The van der Waals surface area contributed by atoms with Crippen LogP contribution in [0.2, 0.25) is 0 Å². The average Bonchev–Trinajstić information content (AvgIpc) is 2.60. The quantitative estimate of drug-likeness (QED) is 0.875. The maximum absolute atomic E-state index is 13.9. The fraction of sp³-hybridized carbons (Fsp3) is 0.263. The standard InChI is InChI=1S/C19H19F2N3O2/c1-11(14-8-7-13(20)9-15(14)21)22-12(2)19(26)24-10-18(25)23-16-5-3-4-6-17(16)24/h3-9,11-12,22H,10H2,1-2H3,(H,23,25)/p+1/t11-,12-/m1/s1. The van der Waals surface area contributed by atoms with Crippen molar-refractivity contribution in [2.75, 3.05) is 16.8 Å². The molecule has 5 nitrogen and oxygen atoms in total. The molecule has 3 N–H and O–H groups in total. The van der Waals surface area contributed by atoms with Crippen molar-refractivity contribution in [3.05, 3.63) is 59.7 Å². The summed E-state index contributed by atoms with van der Waals surface area (Å²) in [5, 5.41) is 4.44. The van der Waals surface area contributed by atoms with Crippen molar-refractivity contribution in [1.29, 1.82) is 0 Å². The van der Waals surface area contributed by atoms with E-state index >= 15 is 0 Å². The van der Waals surface area contributed by atoms with Gasteiger partial charge in [-0.15, -0.1) is 0 Å². The second kappa shape index (κ2) is 7.21. The van der Waals surface area contributed by atoms with Gasteiger partial charge in [0.25, 0.3) is 5.91 Å². The minimum atomic E-state index is -0.643. The molecule has 0 saturated heterocycles. The molecule has 0 radical (unpaired) electrons. The first-order chi connectivity index (χ1) is 12.4. The molecular weight excluding hydrogens is 340 g/mol. The van der Waals surface area contributed by atoms with Crippen LogP contribution in [0.25, 0.3) is 0 Å². The molecule has 0 spiro atoms. The molecule has 0 saturated carbocycles. The van der Waals surface area contributed by atoms with Crippen LogP contribution in [0.5, 0.6) is 0 Å². The van der Waals surface area contributed by atoms with E-state index in [4.69, 9.17) is 0 Å². The number of anilines is 2. The van der Waals surface area contributed by atoms with Crippen molar-refractivity contribution >= 4 is 23.2 Å². The first kappa shape index (κ1) is 18.0. The molecule has 136 valence electrons. The van der Waals surface area contributed by atoms with Crippen LogP contribution in [0.15, 0.2) is 42.5 Å². The molecule has 0 fully saturated rings. The number of quaternary nitrogens is 1. The number of nitrogens with zero attached hydrogens (tertiary/aromatic N) is 1. The van der Waals surface area contributed by atoms with E-state index in [9.17, 15) is 18.4 Å². The Kier molecular flexibility index (Phi) is 4.99. The lowest BCUT2D eigenvalue weighted by molar-refractivity contribution is -0.710. The molecule has 0 unspecified atom stereocenters. The Morgan fingerprint density at radius 3 is 2.65 bits per heavy atom. The molecule has 2 atom stereocenters. The number of para-hydroxylation sites is 2. The maximum Gasteiger partial charge on any atom is 0.285 e. The monoisotopic (exact) mass is 360 g/mol. The van der Waals surface area contributed by atoms with Crippen LogP contribution < -0.4 is 15.5 Å². The predicted molar refractivity (Wildman–Crippen MR) is 93.6 cm³/mol. The van der Waals surface area contributed by atoms with Gasteiger partial charge in [0.2, 0.25) is 5.91 Å². The first-order valence-corrected chi connectivity index (χ1v) is 8.37. The third kappa shape index (κ3) is 3.57. The van der Waals surface area contributed by atoms with Crippen molar-refractivity contribution in [1.82, 2.24) is 0 Å². The van der Waals surface area contributed by atoms with Gasteiger partial charge in [0.15, 0.2) is 6.04 Å². The van der Waals surface area contributed by atoms with Gasteiger partial charge in [0, 0.05) is 11.6 Å². The molecule has 0 aliphatic carbocycles. The third-order valence-electron chi connectivity index (χ3n) is 4.46. The largest absolute Gasteiger partial charge is 0.330 e. The summed E-state index contributed by atoms with van der Waals surface area (Å²) in [7, 11) is 0. The first-order valence-electron chi connectivity index (χ1n) is 8.37. The molecule has 0 bridgehead atoms. The zero-order valence-electron chi connectivity index (χ0n) is 14.5. The number of rotatable bonds is 4. The third-order valence-corrected chi connectivity index (χ3v) is 4.46. The van der Waals surface area contributed by atoms with E-state index < -0.39 is 17.7 Å². The Hall–Kier alpha value is -2.80. The topological polar surface area (TPSA) is 66.0 Å². The summed E-state index contributed by atoms with van der Waals surface area (Å²) >= 11 is 0. The molecular formula is C19H20F2N3O2+. The average molecular weight is 360 g/mol. The van der Waals surface area contributed by atoms with Gasteiger partial charge < -0.3 is 10.6 Å². The molecule has 2 amide bonds. The summed E-state index contributed by atoms with van der Waals surface area (Å²) in [6.45, 7) is 3.39. The summed E-state index contributed by atoms with van der Waals surface area (Å²) in [5.74, 6) is -1.79. The second-order valence-corrected chi connectivity index (χ2v) is 6.43. The van der Waals surface area contributed by atoms with Crippen molar-refractivity contribution in [2.45, 2.75) is 25.9 Å². The van der Waals surface area contributed by atoms with Crippen LogP contribution in [-0.4, -0.2) is 24.4 Å². The molecule has 2 aromatic rings. The van der Waals surface area contributed by atoms with Gasteiger partial charge in [0.05, 0.1) is 11.4 Å². The molecule has 1 aliphatic rings. The SMILES string of the molecule is C[C@@H]([NH2+][C@H](C)c1ccc(F)cc1F)C(=O)N1CC(=O)Nc2ccccc21. The fourth-order valence-electron chi connectivity index (χ4n) is 3.17. The zero-order chi connectivity index (χ0) is 18.8. The number of amides is 2. The molecule has 3 rings (SSSR count). The highest BCUT2D eigenvalue weighted by molar-refractivity contribution is 6.10. The van der Waals surface area contributed by atoms with Gasteiger partial charge in [-0.2, -0.15) is 0 Å². The van der Waals surface area contributed by atoms with Gasteiger partial charge in [-0.3, -0.25) is 14.5 Å². The summed E-state index contributed by atoms with van der Waals surface area (Å²) in [5.41, 5.74) is 1.54. The van der Waals surface area contributed by atoms with Crippen LogP contribution in [0.4, 0.5) is 20.2 Å². The van der Waals surface area contributed by atoms with Gasteiger partial charge in [-0.25, -0.2) is 8.78 Å². The Balaban J connectivity index is 1.77. The molecule has 1 heterocycles. The number of fused-ring (bicyclic) bond motifs is 1. The Labute approximate surface area is 150 Å². The van der Waals surface area contributed by atoms with Crippen molar-refractivity contribution < 1.29 is 23.7 Å². The fourth-order valence-corrected chi connectivity index (χ4v) is 3.17. The van der Waals surface area contributed by atoms with Crippen molar-refractivity contribution in [3.63, 3.8) is 0 Å². The lowest BCUT2D eigenvalue weighted by Gasteiger charge is -2.30. The summed E-state index contributed by atoms with van der Waals surface area (Å²) in [6, 6.07) is 9.55. The predicted octanol–water partition coefficient (Wildman–Crippen LogP) is 1.96. The highest BCUT2D eigenvalue weighted by Crippen LogP contribution is 2.29. The summed E-state index contributed by atoms with van der Waals surface area (Å²) in [6.07, 6.45) is 0. The minimum Gasteiger partial charge on any atom is -0.330 e. The highest BCUT2D eigenvalue weighted by Gasteiger charge is 2.32. The number of nitrogens with one attached hydrogen (secondary N) is 1. The number of nitrogens with two attached hydrogens (primary N) is 1. The molecule has 0 aromatic heterocycles. The van der Waals surface area contributed by atoms with E-state index in [1.165, 1.54) is 17.0 Å². The van der Waals surface area contributed by atoms with Crippen LogP contribution in [0.1, 0.15) is 25.5 Å². The summed E-state index contributed by atoms with van der Waals surface area (Å²) < 4.78 is 27.0. The number of carbonyl (C=O) groups excluding carboxylic acids is 2. The number of hydrogen-bond donors (Lipinski definition) is 2. The number of carbonyl (C=O) groups is 2. The van der Waals surface area contributed by atoms with E-state index in [0.29, 0.717) is 16.9 Å². The normalized spacial score (nSPS) is 15.8. The Morgan fingerprint density at radius 1 is 1.19 bits per heavy atom. The van der Waals surface area contributed by atoms with Crippen LogP contribution in [-0.2, 0) is 9.59 Å². The van der Waals surface area contributed by atoms with Crippen LogP contribution in [0.3, 0.4) is 0 Å². The van der Waals surface area contributed by atoms with Gasteiger partial charge in [-0.1, -0.05) is 12.1 Å². The highest BCUT2D eigenvalue weighted by atomic mass is 19.1.